The topological polar surface area (TPSA) is 72.5 Å². The predicted molar refractivity (Wildman–Crippen MR) is 77.4 cm³/mol. The summed E-state index contributed by atoms with van der Waals surface area (Å²) in [5.74, 6) is -1.04. The van der Waals surface area contributed by atoms with Crippen LogP contribution < -0.4 is 5.73 Å². The lowest BCUT2D eigenvalue weighted by molar-refractivity contribution is -0.147. The van der Waals surface area contributed by atoms with Gasteiger partial charge in [-0.05, 0) is 18.4 Å². The summed E-state index contributed by atoms with van der Waals surface area (Å²) in [6, 6.07) is 8.92. The van der Waals surface area contributed by atoms with Gasteiger partial charge in [0.25, 0.3) is 0 Å². The van der Waals surface area contributed by atoms with Crippen LogP contribution in [0.4, 0.5) is 0 Å². The van der Waals surface area contributed by atoms with Gasteiger partial charge in [-0.1, -0.05) is 56.0 Å². The molecule has 3 N–H and O–H groups in total. The third kappa shape index (κ3) is 3.58. The summed E-state index contributed by atoms with van der Waals surface area (Å²) in [5, 5.41) is 9.47. The summed E-state index contributed by atoms with van der Waals surface area (Å²) in [6.45, 7) is 0.0248. The highest BCUT2D eigenvalue weighted by Crippen LogP contribution is 2.24. The molecule has 0 bridgehead atoms. The van der Waals surface area contributed by atoms with Gasteiger partial charge >= 0.3 is 5.97 Å². The minimum atomic E-state index is -1.46. The molecule has 4 nitrogen and oxygen atoms in total. The van der Waals surface area contributed by atoms with Crippen molar-refractivity contribution < 1.29 is 14.6 Å². The normalized spacial score (nSPS) is 20.1. The first-order valence-corrected chi connectivity index (χ1v) is 7.32. The number of benzene rings is 1. The van der Waals surface area contributed by atoms with Crippen molar-refractivity contribution in [3.05, 3.63) is 35.9 Å². The van der Waals surface area contributed by atoms with Gasteiger partial charge in [-0.25, -0.2) is 4.79 Å². The van der Waals surface area contributed by atoms with Gasteiger partial charge in [-0.3, -0.25) is 0 Å². The summed E-state index contributed by atoms with van der Waals surface area (Å²) < 4.78 is 5.84. The van der Waals surface area contributed by atoms with Gasteiger partial charge in [0, 0.05) is 0 Å². The van der Waals surface area contributed by atoms with Crippen LogP contribution in [0.15, 0.2) is 30.3 Å². The van der Waals surface area contributed by atoms with Crippen LogP contribution in [-0.2, 0) is 15.1 Å². The maximum Gasteiger partial charge on any atom is 0.330 e. The number of carboxylic acids is 1. The van der Waals surface area contributed by atoms with Crippen molar-refractivity contribution in [2.45, 2.75) is 50.2 Å². The molecular formula is C16H23NO3. The van der Waals surface area contributed by atoms with E-state index in [-0.39, 0.29) is 12.7 Å². The van der Waals surface area contributed by atoms with Crippen molar-refractivity contribution in [3.63, 3.8) is 0 Å². The van der Waals surface area contributed by atoms with Crippen molar-refractivity contribution >= 4 is 5.97 Å². The van der Waals surface area contributed by atoms with E-state index < -0.39 is 11.5 Å². The number of ether oxygens (including phenoxy) is 1. The Morgan fingerprint density at radius 2 is 1.80 bits per heavy atom. The monoisotopic (exact) mass is 277 g/mol. The average molecular weight is 277 g/mol. The van der Waals surface area contributed by atoms with Crippen molar-refractivity contribution in [2.75, 3.05) is 6.61 Å². The van der Waals surface area contributed by atoms with Gasteiger partial charge in [-0.15, -0.1) is 0 Å². The minimum absolute atomic E-state index is 0.0248. The molecule has 0 radical (unpaired) electrons. The summed E-state index contributed by atoms with van der Waals surface area (Å²) in [7, 11) is 0. The van der Waals surface area contributed by atoms with E-state index in [4.69, 9.17) is 10.5 Å². The van der Waals surface area contributed by atoms with Crippen LogP contribution in [0, 0.1) is 0 Å². The van der Waals surface area contributed by atoms with Crippen molar-refractivity contribution in [1.82, 2.24) is 0 Å². The second kappa shape index (κ2) is 6.86. The lowest BCUT2D eigenvalue weighted by Gasteiger charge is -2.27. The van der Waals surface area contributed by atoms with Gasteiger partial charge in [0.1, 0.15) is 0 Å². The predicted octanol–water partition coefficient (Wildman–Crippen LogP) is 2.66. The first-order valence-electron chi connectivity index (χ1n) is 7.32. The Balaban J connectivity index is 2.04. The number of hydrogen-bond acceptors (Lipinski definition) is 3. The SMILES string of the molecule is NC(COC1CCCCCC1)(C(=O)O)c1ccccc1. The number of aliphatic carboxylic acids is 1. The molecule has 1 unspecified atom stereocenters. The van der Waals surface area contributed by atoms with Gasteiger partial charge in [0.2, 0.25) is 0 Å². The molecule has 0 spiro atoms. The Morgan fingerprint density at radius 3 is 2.35 bits per heavy atom. The molecule has 1 aliphatic rings. The van der Waals surface area contributed by atoms with E-state index in [2.05, 4.69) is 0 Å². The van der Waals surface area contributed by atoms with Crippen LogP contribution in [0.3, 0.4) is 0 Å². The molecule has 110 valence electrons. The van der Waals surface area contributed by atoms with Gasteiger partial charge in [-0.2, -0.15) is 0 Å². The van der Waals surface area contributed by atoms with E-state index in [0.29, 0.717) is 5.56 Å². The average Bonchev–Trinajstić information content (AvgIpc) is 2.74. The largest absolute Gasteiger partial charge is 0.480 e. The molecular weight excluding hydrogens is 254 g/mol. The number of rotatable bonds is 5. The summed E-state index contributed by atoms with van der Waals surface area (Å²) in [4.78, 5) is 11.6. The maximum atomic E-state index is 11.6. The van der Waals surface area contributed by atoms with Crippen LogP contribution in [0.1, 0.15) is 44.1 Å². The number of nitrogens with two attached hydrogens (primary N) is 1. The molecule has 0 heterocycles. The standard InChI is InChI=1S/C16H23NO3/c17-16(15(18)19,13-8-4-3-5-9-13)12-20-14-10-6-1-2-7-11-14/h3-5,8-9,14H,1-2,6-7,10-12,17H2,(H,18,19). The molecule has 1 aromatic rings. The molecule has 2 rings (SSSR count). The van der Waals surface area contributed by atoms with Gasteiger partial charge in [0.15, 0.2) is 5.54 Å². The molecule has 0 aromatic heterocycles. The zero-order valence-electron chi connectivity index (χ0n) is 11.8. The minimum Gasteiger partial charge on any atom is -0.480 e. The zero-order valence-corrected chi connectivity index (χ0v) is 11.8. The van der Waals surface area contributed by atoms with E-state index in [1.165, 1.54) is 12.8 Å². The third-order valence-corrected chi connectivity index (χ3v) is 4.02. The quantitative estimate of drug-likeness (QED) is 0.812. The lowest BCUT2D eigenvalue weighted by atomic mass is 9.92. The Kier molecular flexibility index (Phi) is 5.15. The number of carboxylic acid groups (broad SMARTS) is 1. The van der Waals surface area contributed by atoms with Crippen molar-refractivity contribution in [3.8, 4) is 0 Å². The molecule has 20 heavy (non-hydrogen) atoms. The molecule has 1 fully saturated rings. The van der Waals surface area contributed by atoms with Crippen LogP contribution in [0.5, 0.6) is 0 Å². The Morgan fingerprint density at radius 1 is 1.20 bits per heavy atom. The smallest absolute Gasteiger partial charge is 0.330 e. The molecule has 0 amide bonds. The van der Waals surface area contributed by atoms with Crippen LogP contribution >= 0.6 is 0 Å². The lowest BCUT2D eigenvalue weighted by Crippen LogP contribution is -2.49. The first-order chi connectivity index (χ1) is 9.63. The summed E-state index contributed by atoms with van der Waals surface area (Å²) in [5.41, 5.74) is 5.21. The van der Waals surface area contributed by atoms with Crippen molar-refractivity contribution in [2.24, 2.45) is 5.73 Å². The number of carbonyl (C=O) groups is 1. The van der Waals surface area contributed by atoms with Gasteiger partial charge < -0.3 is 15.6 Å². The second-order valence-electron chi connectivity index (χ2n) is 5.57. The van der Waals surface area contributed by atoms with Crippen LogP contribution in [0.25, 0.3) is 0 Å². The highest BCUT2D eigenvalue weighted by molar-refractivity contribution is 5.80. The highest BCUT2D eigenvalue weighted by Gasteiger charge is 2.37. The fourth-order valence-electron chi connectivity index (χ4n) is 2.66. The fraction of sp³-hybridized carbons (Fsp3) is 0.562. The Labute approximate surface area is 119 Å². The molecule has 1 aromatic carbocycles. The van der Waals surface area contributed by atoms with Crippen LogP contribution in [0.2, 0.25) is 0 Å². The number of hydrogen-bond donors (Lipinski definition) is 2. The van der Waals surface area contributed by atoms with Gasteiger partial charge in [0.05, 0.1) is 12.7 Å². The second-order valence-corrected chi connectivity index (χ2v) is 5.57. The third-order valence-electron chi connectivity index (χ3n) is 4.02. The molecule has 4 heteroatoms. The molecule has 1 aliphatic carbocycles. The summed E-state index contributed by atoms with van der Waals surface area (Å²) >= 11 is 0. The molecule has 0 saturated heterocycles. The maximum absolute atomic E-state index is 11.6. The molecule has 0 aliphatic heterocycles. The van der Waals surface area contributed by atoms with E-state index in [1.807, 2.05) is 6.07 Å². The van der Waals surface area contributed by atoms with Crippen LogP contribution in [-0.4, -0.2) is 23.8 Å². The van der Waals surface area contributed by atoms with E-state index in [0.717, 1.165) is 25.7 Å². The van der Waals surface area contributed by atoms with Crippen molar-refractivity contribution in [1.29, 1.82) is 0 Å². The zero-order chi connectivity index (χ0) is 14.4. The first kappa shape index (κ1) is 15.0. The van der Waals surface area contributed by atoms with E-state index in [9.17, 15) is 9.90 Å². The Hall–Kier alpha value is -1.39. The molecule has 1 atom stereocenters. The summed E-state index contributed by atoms with van der Waals surface area (Å²) in [6.07, 6.45) is 6.94. The molecule has 1 saturated carbocycles. The van der Waals surface area contributed by atoms with E-state index in [1.54, 1.807) is 24.3 Å². The fourth-order valence-corrected chi connectivity index (χ4v) is 2.66. The van der Waals surface area contributed by atoms with E-state index >= 15 is 0 Å². The highest BCUT2D eigenvalue weighted by atomic mass is 16.5. The Bertz CT molecular complexity index is 427.